The summed E-state index contributed by atoms with van der Waals surface area (Å²) in [6, 6.07) is 4.69. The first-order chi connectivity index (χ1) is 14.3. The van der Waals surface area contributed by atoms with Gasteiger partial charge < -0.3 is 20.1 Å². The van der Waals surface area contributed by atoms with Crippen LogP contribution < -0.4 is 10.5 Å². The second-order valence-electron chi connectivity index (χ2n) is 8.53. The second-order valence-corrected chi connectivity index (χ2v) is 8.53. The van der Waals surface area contributed by atoms with Crippen LogP contribution in [-0.4, -0.2) is 85.1 Å². The molecule has 1 aromatic rings. The molecule has 30 heavy (non-hydrogen) atoms. The second kappa shape index (κ2) is 9.66. The normalized spacial score (nSPS) is 19.2. The van der Waals surface area contributed by atoms with Crippen LogP contribution in [0.2, 0.25) is 0 Å². The van der Waals surface area contributed by atoms with Gasteiger partial charge in [-0.05, 0) is 51.3 Å². The predicted molar refractivity (Wildman–Crippen MR) is 121 cm³/mol. The number of piperazine rings is 1. The standard InChI is InChI=1S/C22H36N6O2/c1-15(2)26-9-11-27(12-10-26)17-5-7-28(8-6-17)22(25)30-21(24)18-14-20(29-4)19(23)13-16(18)3/h13-15,17,24-25H,5-12,23H2,1-4H3. The van der Waals surface area contributed by atoms with E-state index in [4.69, 9.17) is 26.0 Å². The Kier molecular flexibility index (Phi) is 7.20. The number of aryl methyl sites for hydroxylation is 1. The highest BCUT2D eigenvalue weighted by Gasteiger charge is 2.29. The number of anilines is 1. The average Bonchev–Trinajstić information content (AvgIpc) is 2.74. The number of piperidine rings is 1. The summed E-state index contributed by atoms with van der Waals surface area (Å²) in [5.74, 6) is 0.455. The number of rotatable bonds is 4. The summed E-state index contributed by atoms with van der Waals surface area (Å²) in [5.41, 5.74) is 7.86. The van der Waals surface area contributed by atoms with Gasteiger partial charge in [0.05, 0.1) is 12.8 Å². The molecule has 8 nitrogen and oxygen atoms in total. The van der Waals surface area contributed by atoms with Crippen molar-refractivity contribution in [2.24, 2.45) is 0 Å². The Bertz CT molecular complexity index is 765. The molecule has 2 heterocycles. The molecule has 166 valence electrons. The van der Waals surface area contributed by atoms with Crippen LogP contribution in [0.1, 0.15) is 37.8 Å². The quantitative estimate of drug-likeness (QED) is 0.396. The largest absolute Gasteiger partial charge is 0.495 e. The third-order valence-electron chi connectivity index (χ3n) is 6.37. The first-order valence-corrected chi connectivity index (χ1v) is 10.8. The van der Waals surface area contributed by atoms with Crippen molar-refractivity contribution < 1.29 is 9.47 Å². The van der Waals surface area contributed by atoms with Gasteiger partial charge in [0.25, 0.3) is 6.02 Å². The van der Waals surface area contributed by atoms with Gasteiger partial charge in [-0.1, -0.05) is 0 Å². The van der Waals surface area contributed by atoms with Crippen molar-refractivity contribution in [1.82, 2.24) is 14.7 Å². The zero-order valence-corrected chi connectivity index (χ0v) is 18.7. The highest BCUT2D eigenvalue weighted by atomic mass is 16.5. The van der Waals surface area contributed by atoms with E-state index < -0.39 is 0 Å². The molecule has 2 aliphatic heterocycles. The Balaban J connectivity index is 1.51. The molecular formula is C22H36N6O2. The number of hydrogen-bond acceptors (Lipinski definition) is 7. The maximum Gasteiger partial charge on any atom is 0.291 e. The van der Waals surface area contributed by atoms with Gasteiger partial charge in [0.2, 0.25) is 5.90 Å². The molecule has 0 aromatic heterocycles. The van der Waals surface area contributed by atoms with E-state index in [1.54, 1.807) is 19.2 Å². The van der Waals surface area contributed by atoms with E-state index in [9.17, 15) is 0 Å². The molecule has 4 N–H and O–H groups in total. The third kappa shape index (κ3) is 5.05. The summed E-state index contributed by atoms with van der Waals surface area (Å²) >= 11 is 0. The molecule has 3 rings (SSSR count). The van der Waals surface area contributed by atoms with E-state index in [0.717, 1.165) is 57.7 Å². The minimum absolute atomic E-state index is 0.0401. The maximum absolute atomic E-state index is 8.34. The lowest BCUT2D eigenvalue weighted by molar-refractivity contribution is 0.0560. The highest BCUT2D eigenvalue weighted by Crippen LogP contribution is 2.26. The van der Waals surface area contributed by atoms with Crippen LogP contribution >= 0.6 is 0 Å². The summed E-state index contributed by atoms with van der Waals surface area (Å²) < 4.78 is 10.8. The molecule has 1 aromatic carbocycles. The molecule has 0 amide bonds. The molecular weight excluding hydrogens is 380 g/mol. The Hall–Kier alpha value is -2.32. The van der Waals surface area contributed by atoms with Crippen LogP contribution in [0.4, 0.5) is 5.69 Å². The summed E-state index contributed by atoms with van der Waals surface area (Å²) in [7, 11) is 1.55. The smallest absolute Gasteiger partial charge is 0.291 e. The Morgan fingerprint density at radius 3 is 2.27 bits per heavy atom. The van der Waals surface area contributed by atoms with Crippen LogP contribution in [0.5, 0.6) is 5.75 Å². The maximum atomic E-state index is 8.34. The third-order valence-corrected chi connectivity index (χ3v) is 6.37. The topological polar surface area (TPSA) is 102 Å². The van der Waals surface area contributed by atoms with Gasteiger partial charge in [0.1, 0.15) is 5.75 Å². The number of hydrogen-bond donors (Lipinski definition) is 3. The number of benzene rings is 1. The van der Waals surface area contributed by atoms with Crippen LogP contribution in [0.15, 0.2) is 12.1 Å². The van der Waals surface area contributed by atoms with Crippen molar-refractivity contribution >= 4 is 17.6 Å². The van der Waals surface area contributed by atoms with Gasteiger partial charge in [0.15, 0.2) is 0 Å². The fraction of sp³-hybridized carbons (Fsp3) is 0.636. The number of methoxy groups -OCH3 is 1. The zero-order chi connectivity index (χ0) is 21.8. The molecule has 2 saturated heterocycles. The SMILES string of the molecule is COc1cc(C(=N)OC(=N)N2CCC(N3CCN(C(C)C)CC3)CC2)c(C)cc1N. The number of nitrogens with two attached hydrogens (primary N) is 1. The van der Waals surface area contributed by atoms with Crippen molar-refractivity contribution in [3.63, 3.8) is 0 Å². The van der Waals surface area contributed by atoms with Crippen LogP contribution in [0.25, 0.3) is 0 Å². The number of nitrogens with one attached hydrogen (secondary N) is 2. The first kappa shape index (κ1) is 22.4. The molecule has 8 heteroatoms. The number of amidine groups is 1. The Morgan fingerprint density at radius 2 is 1.70 bits per heavy atom. The Morgan fingerprint density at radius 1 is 1.07 bits per heavy atom. The minimum Gasteiger partial charge on any atom is -0.495 e. The molecule has 0 aliphatic carbocycles. The lowest BCUT2D eigenvalue weighted by Crippen LogP contribution is -2.55. The summed E-state index contributed by atoms with van der Waals surface area (Å²) in [6.45, 7) is 12.5. The minimum atomic E-state index is -0.0530. The summed E-state index contributed by atoms with van der Waals surface area (Å²) in [5, 5.41) is 16.7. The highest BCUT2D eigenvalue weighted by molar-refractivity contribution is 6.00. The number of nitrogen functional groups attached to an aromatic ring is 1. The number of ether oxygens (including phenoxy) is 2. The predicted octanol–water partition coefficient (Wildman–Crippen LogP) is 2.35. The van der Waals surface area contributed by atoms with Gasteiger partial charge in [0, 0.05) is 56.9 Å². The van der Waals surface area contributed by atoms with Crippen LogP contribution in [0, 0.1) is 17.7 Å². The van der Waals surface area contributed by atoms with Crippen molar-refractivity contribution in [1.29, 1.82) is 10.8 Å². The zero-order valence-electron chi connectivity index (χ0n) is 18.7. The monoisotopic (exact) mass is 416 g/mol. The molecule has 0 spiro atoms. The molecule has 2 aliphatic rings. The molecule has 0 saturated carbocycles. The van der Waals surface area contributed by atoms with Crippen molar-refractivity contribution in [3.05, 3.63) is 23.3 Å². The fourth-order valence-electron chi connectivity index (χ4n) is 4.40. The van der Waals surface area contributed by atoms with E-state index in [2.05, 4.69) is 23.6 Å². The van der Waals surface area contributed by atoms with E-state index >= 15 is 0 Å². The molecule has 0 bridgehead atoms. The molecule has 0 unspecified atom stereocenters. The van der Waals surface area contributed by atoms with Gasteiger partial charge in [-0.3, -0.25) is 20.6 Å². The molecule has 0 radical (unpaired) electrons. The van der Waals surface area contributed by atoms with Gasteiger partial charge in [-0.15, -0.1) is 0 Å². The molecule has 0 atom stereocenters. The van der Waals surface area contributed by atoms with Crippen molar-refractivity contribution in [3.8, 4) is 5.75 Å². The van der Waals surface area contributed by atoms with E-state index in [-0.39, 0.29) is 11.9 Å². The summed E-state index contributed by atoms with van der Waals surface area (Å²) in [6.07, 6.45) is 2.05. The van der Waals surface area contributed by atoms with Crippen LogP contribution in [-0.2, 0) is 4.74 Å². The summed E-state index contributed by atoms with van der Waals surface area (Å²) in [4.78, 5) is 7.07. The van der Waals surface area contributed by atoms with Crippen molar-refractivity contribution in [2.45, 2.75) is 45.7 Å². The fourth-order valence-corrected chi connectivity index (χ4v) is 4.40. The lowest BCUT2D eigenvalue weighted by atomic mass is 10.0. The van der Waals surface area contributed by atoms with Crippen LogP contribution in [0.3, 0.4) is 0 Å². The first-order valence-electron chi connectivity index (χ1n) is 10.8. The number of nitrogens with zero attached hydrogens (tertiary/aromatic N) is 3. The average molecular weight is 417 g/mol. The van der Waals surface area contributed by atoms with E-state index in [0.29, 0.717) is 29.1 Å². The number of likely N-dealkylation sites (tertiary alicyclic amines) is 1. The lowest BCUT2D eigenvalue weighted by Gasteiger charge is -2.43. The van der Waals surface area contributed by atoms with Gasteiger partial charge in [-0.25, -0.2) is 0 Å². The van der Waals surface area contributed by atoms with Gasteiger partial charge >= 0.3 is 0 Å². The Labute approximate surface area is 179 Å². The van der Waals surface area contributed by atoms with Crippen molar-refractivity contribution in [2.75, 3.05) is 52.1 Å². The van der Waals surface area contributed by atoms with E-state index in [1.807, 2.05) is 11.8 Å². The van der Waals surface area contributed by atoms with Gasteiger partial charge in [-0.2, -0.15) is 0 Å². The molecule has 2 fully saturated rings. The van der Waals surface area contributed by atoms with E-state index in [1.165, 1.54) is 0 Å².